The van der Waals surface area contributed by atoms with Crippen LogP contribution in [0.4, 0.5) is 0 Å². The lowest BCUT2D eigenvalue weighted by Gasteiger charge is -2.06. The van der Waals surface area contributed by atoms with Gasteiger partial charge in [0.1, 0.15) is 11.5 Å². The van der Waals surface area contributed by atoms with Crippen LogP contribution in [0.25, 0.3) is 0 Å². The van der Waals surface area contributed by atoms with Crippen LogP contribution in [0.1, 0.15) is 13.3 Å². The molecule has 0 radical (unpaired) electrons. The van der Waals surface area contributed by atoms with E-state index in [1.807, 2.05) is 5.48 Å². The molecule has 0 fully saturated rings. The molecule has 1 N–H and O–H groups in total. The number of carbonyl (C=O) groups is 2. The van der Waals surface area contributed by atoms with E-state index < -0.39 is 14.2 Å². The predicted octanol–water partition coefficient (Wildman–Crippen LogP) is 1.48. The lowest BCUT2D eigenvalue weighted by atomic mass is 10.3. The highest BCUT2D eigenvalue weighted by Crippen LogP contribution is 2.26. The molecule has 1 aromatic rings. The van der Waals surface area contributed by atoms with Crippen molar-refractivity contribution in [2.45, 2.75) is 13.3 Å². The molecule has 0 saturated carbocycles. The second-order valence-corrected chi connectivity index (χ2v) is 4.08. The molecule has 1 rings (SSSR count). The second kappa shape index (κ2) is 6.83. The van der Waals surface area contributed by atoms with Crippen LogP contribution in [0.2, 0.25) is 0 Å². The Labute approximate surface area is 98.8 Å². The Morgan fingerprint density at radius 1 is 1.29 bits per heavy atom. The van der Waals surface area contributed by atoms with Crippen molar-refractivity contribution in [2.75, 3.05) is 0 Å². The summed E-state index contributed by atoms with van der Waals surface area (Å²) >= 11 is 0. The first-order chi connectivity index (χ1) is 8.08. The van der Waals surface area contributed by atoms with Crippen molar-refractivity contribution in [3.05, 3.63) is 30.3 Å². The Morgan fingerprint density at radius 3 is 2.53 bits per heavy atom. The van der Waals surface area contributed by atoms with E-state index in [1.165, 1.54) is 6.92 Å². The zero-order valence-electron chi connectivity index (χ0n) is 9.14. The number of ketones is 1. The first-order valence-electron chi connectivity index (χ1n) is 4.80. The summed E-state index contributed by atoms with van der Waals surface area (Å²) in [5.74, 6) is -0.598. The van der Waals surface area contributed by atoms with E-state index >= 15 is 0 Å². The fourth-order valence-electron chi connectivity index (χ4n) is 0.966. The number of rotatable bonds is 6. The van der Waals surface area contributed by atoms with Crippen LogP contribution in [-0.2, 0) is 18.8 Å². The van der Waals surface area contributed by atoms with E-state index in [0.717, 1.165) is 0 Å². The number of Topliss-reactive ketones (excluding diaryl/α,β-unsaturated/α-hetero) is 1. The molecule has 1 atom stereocenters. The van der Waals surface area contributed by atoms with Gasteiger partial charge in [0.15, 0.2) is 0 Å². The maximum Gasteiger partial charge on any atom is 0.389 e. The molecule has 17 heavy (non-hydrogen) atoms. The maximum absolute atomic E-state index is 11.2. The van der Waals surface area contributed by atoms with Crippen LogP contribution in [0.3, 0.4) is 0 Å². The van der Waals surface area contributed by atoms with Gasteiger partial charge in [-0.2, -0.15) is 4.62 Å². The molecule has 1 aromatic carbocycles. The molecule has 6 nitrogen and oxygen atoms in total. The van der Waals surface area contributed by atoms with Crippen molar-refractivity contribution < 1.29 is 23.3 Å². The normalized spacial score (nSPS) is 11.6. The molecule has 0 spiro atoms. The highest BCUT2D eigenvalue weighted by atomic mass is 31.1. The van der Waals surface area contributed by atoms with E-state index in [4.69, 9.17) is 4.52 Å². The fraction of sp³-hybridized carbons (Fsp3) is 0.200. The van der Waals surface area contributed by atoms with Crippen LogP contribution >= 0.6 is 8.25 Å². The molecule has 7 heteroatoms. The molecule has 0 bridgehead atoms. The summed E-state index contributed by atoms with van der Waals surface area (Å²) < 4.78 is 20.6. The third-order valence-electron chi connectivity index (χ3n) is 1.60. The molecule has 92 valence electrons. The van der Waals surface area contributed by atoms with Crippen molar-refractivity contribution >= 4 is 19.9 Å². The van der Waals surface area contributed by atoms with Crippen molar-refractivity contribution in [1.82, 2.24) is 5.48 Å². The fourth-order valence-corrected chi connectivity index (χ4v) is 1.53. The largest absolute Gasteiger partial charge is 0.425 e. The lowest BCUT2D eigenvalue weighted by molar-refractivity contribution is -0.132. The van der Waals surface area contributed by atoms with Crippen LogP contribution in [0, 0.1) is 0 Å². The third kappa shape index (κ3) is 5.85. The number of benzene rings is 1. The summed E-state index contributed by atoms with van der Waals surface area (Å²) in [6, 6.07) is 8.39. The van der Waals surface area contributed by atoms with Gasteiger partial charge in [0, 0.05) is 0 Å². The summed E-state index contributed by atoms with van der Waals surface area (Å²) in [5.41, 5.74) is 1.88. The monoisotopic (exact) mass is 257 g/mol. The standard InChI is InChI=1S/C10H12NO5P/c1-8(12)7-10(13)11-16-17(14)15-9-5-3-2-4-6-9/h2-6,17H,7H2,1H3,(H,11,13). The van der Waals surface area contributed by atoms with Gasteiger partial charge in [-0.05, 0) is 19.1 Å². The topological polar surface area (TPSA) is 81.7 Å². The number of para-hydroxylation sites is 1. The van der Waals surface area contributed by atoms with Gasteiger partial charge in [0.25, 0.3) is 5.91 Å². The van der Waals surface area contributed by atoms with E-state index in [9.17, 15) is 14.2 Å². The van der Waals surface area contributed by atoms with Gasteiger partial charge in [0.2, 0.25) is 0 Å². The molecular weight excluding hydrogens is 245 g/mol. The smallest absolute Gasteiger partial charge is 0.389 e. The summed E-state index contributed by atoms with van der Waals surface area (Å²) in [6.45, 7) is 1.27. The Kier molecular flexibility index (Phi) is 5.39. The zero-order chi connectivity index (χ0) is 12.7. The highest BCUT2D eigenvalue weighted by Gasteiger charge is 2.08. The number of hydrogen-bond donors (Lipinski definition) is 1. The van der Waals surface area contributed by atoms with Gasteiger partial charge in [-0.3, -0.25) is 9.59 Å². The third-order valence-corrected chi connectivity index (χ3v) is 2.27. The Morgan fingerprint density at radius 2 is 1.94 bits per heavy atom. The summed E-state index contributed by atoms with van der Waals surface area (Å²) in [4.78, 5) is 21.5. The number of nitrogens with one attached hydrogen (secondary N) is 1. The van der Waals surface area contributed by atoms with E-state index in [1.54, 1.807) is 30.3 Å². The van der Waals surface area contributed by atoms with Gasteiger partial charge in [-0.15, -0.1) is 0 Å². The zero-order valence-corrected chi connectivity index (χ0v) is 10.1. The number of carbonyl (C=O) groups excluding carboxylic acids is 2. The van der Waals surface area contributed by atoms with Crippen LogP contribution < -0.4 is 10.0 Å². The van der Waals surface area contributed by atoms with Gasteiger partial charge < -0.3 is 4.52 Å². The van der Waals surface area contributed by atoms with Gasteiger partial charge in [-0.1, -0.05) is 18.2 Å². The Hall–Kier alpha value is -1.65. The van der Waals surface area contributed by atoms with Crippen LogP contribution in [0.15, 0.2) is 30.3 Å². The number of amides is 1. The molecule has 0 aromatic heterocycles. The van der Waals surface area contributed by atoms with Gasteiger partial charge in [-0.25, -0.2) is 10.0 Å². The van der Waals surface area contributed by atoms with Crippen LogP contribution in [-0.4, -0.2) is 11.7 Å². The highest BCUT2D eigenvalue weighted by molar-refractivity contribution is 7.33. The van der Waals surface area contributed by atoms with E-state index in [0.29, 0.717) is 5.75 Å². The molecule has 0 saturated heterocycles. The molecule has 0 heterocycles. The van der Waals surface area contributed by atoms with Gasteiger partial charge in [0.05, 0.1) is 6.42 Å². The van der Waals surface area contributed by atoms with Crippen molar-refractivity contribution in [2.24, 2.45) is 0 Å². The van der Waals surface area contributed by atoms with Gasteiger partial charge >= 0.3 is 8.25 Å². The van der Waals surface area contributed by atoms with E-state index in [2.05, 4.69) is 4.62 Å². The molecule has 0 aliphatic heterocycles. The molecular formula is C10H12NO5P. The molecule has 1 amide bonds. The van der Waals surface area contributed by atoms with Crippen LogP contribution in [0.5, 0.6) is 5.75 Å². The number of hydroxylamine groups is 1. The molecule has 0 aliphatic carbocycles. The van der Waals surface area contributed by atoms with E-state index in [-0.39, 0.29) is 12.2 Å². The SMILES string of the molecule is CC(=O)CC(=O)NO[PH](=O)Oc1ccccc1. The quantitative estimate of drug-likeness (QED) is 0.474. The average Bonchev–Trinajstić information content (AvgIpc) is 2.27. The summed E-state index contributed by atoms with van der Waals surface area (Å²) in [6.07, 6.45) is -0.319. The Balaban J connectivity index is 2.31. The minimum atomic E-state index is -2.87. The predicted molar refractivity (Wildman–Crippen MR) is 60.6 cm³/mol. The first-order valence-corrected chi connectivity index (χ1v) is 6.02. The minimum Gasteiger partial charge on any atom is -0.425 e. The summed E-state index contributed by atoms with van der Waals surface area (Å²) in [7, 11) is -2.87. The van der Waals surface area contributed by atoms with Crippen molar-refractivity contribution in [1.29, 1.82) is 0 Å². The maximum atomic E-state index is 11.2. The average molecular weight is 257 g/mol. The first kappa shape index (κ1) is 13.4. The van der Waals surface area contributed by atoms with Crippen molar-refractivity contribution in [3.8, 4) is 5.75 Å². The summed E-state index contributed by atoms with van der Waals surface area (Å²) in [5, 5.41) is 0. The number of hydrogen-bond acceptors (Lipinski definition) is 5. The molecule has 0 aliphatic rings. The van der Waals surface area contributed by atoms with Crippen molar-refractivity contribution in [3.63, 3.8) is 0 Å². The Bertz CT molecular complexity index is 420. The molecule has 1 unspecified atom stereocenters. The minimum absolute atomic E-state index is 0.310. The second-order valence-electron chi connectivity index (χ2n) is 3.17. The lowest BCUT2D eigenvalue weighted by Crippen LogP contribution is -2.23.